The third-order valence-corrected chi connectivity index (χ3v) is 5.97. The molecular weight excluding hydrogens is 362 g/mol. The van der Waals surface area contributed by atoms with E-state index in [0.29, 0.717) is 12.8 Å². The van der Waals surface area contributed by atoms with Crippen LogP contribution < -0.4 is 4.72 Å². The molecule has 1 aromatic rings. The molecule has 0 bridgehead atoms. The normalized spacial score (nSPS) is 23.0. The van der Waals surface area contributed by atoms with E-state index in [9.17, 15) is 18.3 Å². The number of benzene rings is 1. The smallest absolute Gasteiger partial charge is 0.335 e. The molecule has 1 aliphatic carbocycles. The van der Waals surface area contributed by atoms with Gasteiger partial charge in [0.1, 0.15) is 0 Å². The lowest BCUT2D eigenvalue weighted by atomic mass is 9.93. The van der Waals surface area contributed by atoms with Gasteiger partial charge in [0.25, 0.3) is 0 Å². The lowest BCUT2D eigenvalue weighted by Gasteiger charge is -2.28. The van der Waals surface area contributed by atoms with E-state index < -0.39 is 28.1 Å². The van der Waals surface area contributed by atoms with Crippen molar-refractivity contribution in [2.45, 2.75) is 42.7 Å². The molecule has 2 atom stereocenters. The van der Waals surface area contributed by atoms with E-state index in [0.717, 1.165) is 12.8 Å². The highest BCUT2D eigenvalue weighted by molar-refractivity contribution is 9.10. The minimum atomic E-state index is -3.82. The van der Waals surface area contributed by atoms with Gasteiger partial charge in [-0.3, -0.25) is 0 Å². The van der Waals surface area contributed by atoms with Crippen molar-refractivity contribution in [1.29, 1.82) is 0 Å². The van der Waals surface area contributed by atoms with Crippen molar-refractivity contribution < 1.29 is 23.4 Å². The second kappa shape index (κ2) is 6.43. The van der Waals surface area contributed by atoms with Crippen molar-refractivity contribution >= 4 is 31.9 Å². The first-order valence-corrected chi connectivity index (χ1v) is 8.82. The molecule has 0 aromatic heterocycles. The molecule has 1 fully saturated rings. The van der Waals surface area contributed by atoms with Gasteiger partial charge < -0.3 is 10.2 Å². The van der Waals surface area contributed by atoms with Crippen LogP contribution in [0.3, 0.4) is 0 Å². The topological polar surface area (TPSA) is 104 Å². The van der Waals surface area contributed by atoms with Gasteiger partial charge in [-0.15, -0.1) is 0 Å². The van der Waals surface area contributed by atoms with Crippen molar-refractivity contribution in [3.05, 3.63) is 28.2 Å². The van der Waals surface area contributed by atoms with Crippen LogP contribution in [0.15, 0.2) is 27.6 Å². The van der Waals surface area contributed by atoms with E-state index in [-0.39, 0.29) is 14.9 Å². The SMILES string of the molecule is O=C(O)c1ccc(S(=O)(=O)NC2CCCCC2O)c(Br)c1. The van der Waals surface area contributed by atoms with Crippen LogP contribution in [-0.2, 0) is 10.0 Å². The fraction of sp³-hybridized carbons (Fsp3) is 0.462. The van der Waals surface area contributed by atoms with E-state index in [1.54, 1.807) is 0 Å². The van der Waals surface area contributed by atoms with Gasteiger partial charge in [-0.05, 0) is 47.0 Å². The Morgan fingerprint density at radius 3 is 2.52 bits per heavy atom. The van der Waals surface area contributed by atoms with Gasteiger partial charge in [-0.2, -0.15) is 0 Å². The molecular formula is C13H16BrNO5S. The molecule has 0 saturated heterocycles. The first-order chi connectivity index (χ1) is 9.81. The fourth-order valence-electron chi connectivity index (χ4n) is 2.36. The summed E-state index contributed by atoms with van der Waals surface area (Å²) in [5, 5.41) is 18.7. The molecule has 0 amide bonds. The predicted octanol–water partition coefficient (Wildman–Crippen LogP) is 1.73. The summed E-state index contributed by atoms with van der Waals surface area (Å²) >= 11 is 3.09. The fourth-order valence-corrected chi connectivity index (χ4v) is 4.74. The molecule has 0 radical (unpaired) electrons. The summed E-state index contributed by atoms with van der Waals surface area (Å²) in [5.41, 5.74) is -0.00136. The number of carboxylic acid groups (broad SMARTS) is 1. The van der Waals surface area contributed by atoms with Crippen LogP contribution in [-0.4, -0.2) is 36.7 Å². The Hall–Kier alpha value is -0.960. The van der Waals surface area contributed by atoms with E-state index >= 15 is 0 Å². The highest BCUT2D eigenvalue weighted by atomic mass is 79.9. The molecule has 0 spiro atoms. The van der Waals surface area contributed by atoms with E-state index in [1.165, 1.54) is 18.2 Å². The van der Waals surface area contributed by atoms with Gasteiger partial charge >= 0.3 is 5.97 Å². The number of rotatable bonds is 4. The zero-order valence-electron chi connectivity index (χ0n) is 11.1. The second-order valence-corrected chi connectivity index (χ2v) is 7.57. The molecule has 21 heavy (non-hydrogen) atoms. The van der Waals surface area contributed by atoms with Crippen LogP contribution in [0.4, 0.5) is 0 Å². The Bertz CT molecular complexity index is 646. The molecule has 2 rings (SSSR count). The second-order valence-electron chi connectivity index (χ2n) is 5.03. The van der Waals surface area contributed by atoms with Crippen LogP contribution >= 0.6 is 15.9 Å². The molecule has 1 aliphatic rings. The largest absolute Gasteiger partial charge is 0.478 e. The first kappa shape index (κ1) is 16.4. The summed E-state index contributed by atoms with van der Waals surface area (Å²) in [6, 6.07) is 3.22. The third kappa shape index (κ3) is 3.82. The molecule has 116 valence electrons. The minimum Gasteiger partial charge on any atom is -0.478 e. The third-order valence-electron chi connectivity index (χ3n) is 3.50. The maximum absolute atomic E-state index is 12.3. The quantitative estimate of drug-likeness (QED) is 0.740. The lowest BCUT2D eigenvalue weighted by molar-refractivity contribution is 0.0696. The predicted molar refractivity (Wildman–Crippen MR) is 79.7 cm³/mol. The molecule has 8 heteroatoms. The monoisotopic (exact) mass is 377 g/mol. The van der Waals surface area contributed by atoms with Gasteiger partial charge in [-0.25, -0.2) is 17.9 Å². The summed E-state index contributed by atoms with van der Waals surface area (Å²) in [6.07, 6.45) is 2.22. The van der Waals surface area contributed by atoms with Gasteiger partial charge in [-0.1, -0.05) is 12.8 Å². The van der Waals surface area contributed by atoms with E-state index in [4.69, 9.17) is 5.11 Å². The summed E-state index contributed by atoms with van der Waals surface area (Å²) in [4.78, 5) is 10.8. The number of sulfonamides is 1. The molecule has 0 heterocycles. The standard InChI is InChI=1S/C13H16BrNO5S/c14-9-7-8(13(17)18)5-6-12(9)21(19,20)15-10-3-1-2-4-11(10)16/h5-7,10-11,15-16H,1-4H2,(H,17,18). The summed E-state index contributed by atoms with van der Waals surface area (Å²) in [5.74, 6) is -1.13. The number of hydrogen-bond acceptors (Lipinski definition) is 4. The average molecular weight is 378 g/mol. The number of halogens is 1. The summed E-state index contributed by atoms with van der Waals surface area (Å²) < 4.78 is 27.4. The number of hydrogen-bond donors (Lipinski definition) is 3. The van der Waals surface area contributed by atoms with Crippen LogP contribution in [0.25, 0.3) is 0 Å². The maximum Gasteiger partial charge on any atom is 0.335 e. The molecule has 6 nitrogen and oxygen atoms in total. The van der Waals surface area contributed by atoms with Crippen LogP contribution in [0.2, 0.25) is 0 Å². The van der Waals surface area contributed by atoms with Gasteiger partial charge in [0.2, 0.25) is 10.0 Å². The maximum atomic E-state index is 12.3. The Morgan fingerprint density at radius 2 is 1.95 bits per heavy atom. The van der Waals surface area contributed by atoms with Crippen molar-refractivity contribution in [3.63, 3.8) is 0 Å². The number of aliphatic hydroxyl groups is 1. The zero-order valence-corrected chi connectivity index (χ0v) is 13.5. The van der Waals surface area contributed by atoms with Crippen molar-refractivity contribution in [1.82, 2.24) is 4.72 Å². The molecule has 1 aromatic carbocycles. The highest BCUT2D eigenvalue weighted by Gasteiger charge is 2.29. The average Bonchev–Trinajstić information content (AvgIpc) is 2.40. The molecule has 2 unspecified atom stereocenters. The molecule has 1 saturated carbocycles. The highest BCUT2D eigenvalue weighted by Crippen LogP contribution is 2.25. The first-order valence-electron chi connectivity index (χ1n) is 6.54. The van der Waals surface area contributed by atoms with Crippen LogP contribution in [0, 0.1) is 0 Å². The van der Waals surface area contributed by atoms with Crippen molar-refractivity contribution in [3.8, 4) is 0 Å². The van der Waals surface area contributed by atoms with E-state index in [1.807, 2.05) is 0 Å². The minimum absolute atomic E-state index is 0.00136. The van der Waals surface area contributed by atoms with Crippen LogP contribution in [0.5, 0.6) is 0 Å². The molecule has 0 aliphatic heterocycles. The van der Waals surface area contributed by atoms with Gasteiger partial charge in [0.05, 0.1) is 16.6 Å². The Morgan fingerprint density at radius 1 is 1.29 bits per heavy atom. The number of nitrogens with one attached hydrogen (secondary N) is 1. The number of carbonyl (C=O) groups is 1. The lowest BCUT2D eigenvalue weighted by Crippen LogP contribution is -2.45. The zero-order chi connectivity index (χ0) is 15.6. The number of aromatic carboxylic acids is 1. The number of aliphatic hydroxyl groups excluding tert-OH is 1. The molecule has 3 N–H and O–H groups in total. The van der Waals surface area contributed by atoms with Crippen LogP contribution in [0.1, 0.15) is 36.0 Å². The van der Waals surface area contributed by atoms with Crippen molar-refractivity contribution in [2.24, 2.45) is 0 Å². The Kier molecular flexibility index (Phi) is 5.03. The summed E-state index contributed by atoms with van der Waals surface area (Å²) in [7, 11) is -3.82. The Balaban J connectivity index is 2.25. The Labute approximate surface area is 131 Å². The number of carboxylic acids is 1. The summed E-state index contributed by atoms with van der Waals surface area (Å²) in [6.45, 7) is 0. The van der Waals surface area contributed by atoms with E-state index in [2.05, 4.69) is 20.7 Å². The van der Waals surface area contributed by atoms with Gasteiger partial charge in [0.15, 0.2) is 0 Å². The van der Waals surface area contributed by atoms with Gasteiger partial charge in [0, 0.05) is 10.5 Å². The van der Waals surface area contributed by atoms with Crippen molar-refractivity contribution in [2.75, 3.05) is 0 Å².